The molecule has 0 spiro atoms. The van der Waals surface area contributed by atoms with E-state index in [0.717, 1.165) is 0 Å². The zero-order valence-electron chi connectivity index (χ0n) is 9.57. The molecule has 0 aromatic heterocycles. The molecule has 1 saturated heterocycles. The highest BCUT2D eigenvalue weighted by Gasteiger charge is 2.60. The average Bonchev–Trinajstić information content (AvgIpc) is 2.16. The molecule has 1 aliphatic rings. The first kappa shape index (κ1) is 13.1. The zero-order valence-corrected chi connectivity index (χ0v) is 9.57. The van der Waals surface area contributed by atoms with Gasteiger partial charge in [-0.05, 0) is 12.3 Å². The molecule has 0 aromatic carbocycles. The Hall–Kier alpha value is -1.92. The second kappa shape index (κ2) is 4.52. The smallest absolute Gasteiger partial charge is 0.329 e. The standard InChI is InChI=1S/C10H14N2O5/c1-3-4-5(2)10(8(15)16)6(13)11-9(17)12-7(10)14/h5H,3-4H2,1-2H3,(H,15,16)(H2,11,12,13,14,17). The maximum Gasteiger partial charge on any atom is 0.329 e. The highest BCUT2D eigenvalue weighted by atomic mass is 16.4. The van der Waals surface area contributed by atoms with E-state index in [1.807, 2.05) is 17.6 Å². The Balaban J connectivity index is 3.22. The third kappa shape index (κ3) is 1.88. The maximum atomic E-state index is 11.7. The molecule has 0 radical (unpaired) electrons. The number of urea groups is 1. The first-order valence-corrected chi connectivity index (χ1v) is 5.27. The number of amides is 4. The minimum atomic E-state index is -2.22. The van der Waals surface area contributed by atoms with Crippen LogP contribution in [0.3, 0.4) is 0 Å². The number of hydrogen-bond acceptors (Lipinski definition) is 4. The van der Waals surface area contributed by atoms with Crippen molar-refractivity contribution in [3.63, 3.8) is 0 Å². The van der Waals surface area contributed by atoms with Crippen LogP contribution in [0.2, 0.25) is 0 Å². The van der Waals surface area contributed by atoms with Gasteiger partial charge in [0.05, 0.1) is 0 Å². The number of carbonyl (C=O) groups excluding carboxylic acids is 3. The van der Waals surface area contributed by atoms with Crippen LogP contribution < -0.4 is 10.6 Å². The van der Waals surface area contributed by atoms with E-state index in [1.54, 1.807) is 0 Å². The van der Waals surface area contributed by atoms with Crippen molar-refractivity contribution < 1.29 is 24.3 Å². The quantitative estimate of drug-likeness (QED) is 0.594. The molecule has 1 heterocycles. The summed E-state index contributed by atoms with van der Waals surface area (Å²) in [5.74, 6) is -4.38. The summed E-state index contributed by atoms with van der Waals surface area (Å²) in [6, 6.07) is -0.986. The molecule has 1 atom stereocenters. The van der Waals surface area contributed by atoms with E-state index in [9.17, 15) is 24.3 Å². The number of aliphatic carboxylic acids is 1. The molecule has 4 amide bonds. The van der Waals surface area contributed by atoms with Crippen LogP contribution >= 0.6 is 0 Å². The lowest BCUT2D eigenvalue weighted by atomic mass is 9.71. The third-order valence-corrected chi connectivity index (χ3v) is 2.97. The summed E-state index contributed by atoms with van der Waals surface area (Å²) in [6.45, 7) is 3.32. The average molecular weight is 242 g/mol. The summed E-state index contributed by atoms with van der Waals surface area (Å²) >= 11 is 0. The molecule has 0 saturated carbocycles. The summed E-state index contributed by atoms with van der Waals surface area (Å²) < 4.78 is 0. The number of barbiturate groups is 1. The molecule has 7 nitrogen and oxygen atoms in total. The number of hydrogen-bond donors (Lipinski definition) is 3. The van der Waals surface area contributed by atoms with Crippen LogP contribution in [-0.4, -0.2) is 28.9 Å². The minimum absolute atomic E-state index is 0.390. The van der Waals surface area contributed by atoms with Gasteiger partial charge in [-0.2, -0.15) is 0 Å². The van der Waals surface area contributed by atoms with E-state index >= 15 is 0 Å². The van der Waals surface area contributed by atoms with Gasteiger partial charge < -0.3 is 5.11 Å². The Labute approximate surface area is 97.6 Å². The fraction of sp³-hybridized carbons (Fsp3) is 0.600. The first-order chi connectivity index (χ1) is 7.87. The van der Waals surface area contributed by atoms with Gasteiger partial charge in [0.15, 0.2) is 0 Å². The van der Waals surface area contributed by atoms with Gasteiger partial charge in [0, 0.05) is 0 Å². The van der Waals surface area contributed by atoms with Crippen LogP contribution in [0.25, 0.3) is 0 Å². The summed E-state index contributed by atoms with van der Waals surface area (Å²) in [7, 11) is 0. The van der Waals surface area contributed by atoms with Gasteiger partial charge in [-0.15, -0.1) is 0 Å². The summed E-state index contributed by atoms with van der Waals surface area (Å²) in [4.78, 5) is 45.6. The lowest BCUT2D eigenvalue weighted by Crippen LogP contribution is -2.67. The molecular weight excluding hydrogens is 228 g/mol. The highest BCUT2D eigenvalue weighted by Crippen LogP contribution is 2.33. The van der Waals surface area contributed by atoms with Crippen molar-refractivity contribution in [2.75, 3.05) is 0 Å². The number of carbonyl (C=O) groups is 4. The van der Waals surface area contributed by atoms with Crippen LogP contribution in [-0.2, 0) is 14.4 Å². The molecule has 7 heteroatoms. The number of nitrogens with one attached hydrogen (secondary N) is 2. The Kier molecular flexibility index (Phi) is 3.50. The van der Waals surface area contributed by atoms with Crippen LogP contribution in [0.5, 0.6) is 0 Å². The second-order valence-electron chi connectivity index (χ2n) is 4.04. The predicted octanol–water partition coefficient (Wildman–Crippen LogP) is -0.140. The minimum Gasteiger partial charge on any atom is -0.480 e. The second-order valence-corrected chi connectivity index (χ2v) is 4.04. The van der Waals surface area contributed by atoms with Crippen molar-refractivity contribution in [2.24, 2.45) is 11.3 Å². The molecular formula is C10H14N2O5. The van der Waals surface area contributed by atoms with E-state index < -0.39 is 35.1 Å². The molecule has 1 rings (SSSR count). The summed E-state index contributed by atoms with van der Waals surface area (Å²) in [5, 5.41) is 12.8. The number of carboxylic acids is 1. The molecule has 3 N–H and O–H groups in total. The lowest BCUT2D eigenvalue weighted by molar-refractivity contribution is -0.166. The first-order valence-electron chi connectivity index (χ1n) is 5.27. The molecule has 17 heavy (non-hydrogen) atoms. The Bertz CT molecular complexity index is 370. The molecule has 0 aliphatic carbocycles. The Morgan fingerprint density at radius 1 is 1.29 bits per heavy atom. The van der Waals surface area contributed by atoms with Crippen LogP contribution in [0, 0.1) is 11.3 Å². The molecule has 1 fully saturated rings. The zero-order chi connectivity index (χ0) is 13.2. The number of rotatable bonds is 4. The summed E-state index contributed by atoms with van der Waals surface area (Å²) in [6.07, 6.45) is 1.02. The normalized spacial score (nSPS) is 20.5. The van der Waals surface area contributed by atoms with Crippen LogP contribution in [0.4, 0.5) is 4.79 Å². The van der Waals surface area contributed by atoms with Gasteiger partial charge in [0.1, 0.15) is 0 Å². The molecule has 0 aromatic rings. The van der Waals surface area contributed by atoms with Gasteiger partial charge in [0.25, 0.3) is 11.8 Å². The van der Waals surface area contributed by atoms with E-state index in [0.29, 0.717) is 12.8 Å². The van der Waals surface area contributed by atoms with Crippen molar-refractivity contribution in [3.8, 4) is 0 Å². The summed E-state index contributed by atoms with van der Waals surface area (Å²) in [5.41, 5.74) is -2.22. The van der Waals surface area contributed by atoms with Gasteiger partial charge in [0.2, 0.25) is 5.41 Å². The van der Waals surface area contributed by atoms with Crippen molar-refractivity contribution in [3.05, 3.63) is 0 Å². The van der Waals surface area contributed by atoms with E-state index in [2.05, 4.69) is 0 Å². The lowest BCUT2D eigenvalue weighted by Gasteiger charge is -2.34. The topological polar surface area (TPSA) is 113 Å². The molecule has 0 bridgehead atoms. The fourth-order valence-corrected chi connectivity index (χ4v) is 2.04. The van der Waals surface area contributed by atoms with E-state index in [1.165, 1.54) is 6.92 Å². The van der Waals surface area contributed by atoms with Gasteiger partial charge >= 0.3 is 12.0 Å². The van der Waals surface area contributed by atoms with Crippen LogP contribution in [0.15, 0.2) is 0 Å². The van der Waals surface area contributed by atoms with Gasteiger partial charge in [-0.1, -0.05) is 20.3 Å². The van der Waals surface area contributed by atoms with Crippen LogP contribution in [0.1, 0.15) is 26.7 Å². The third-order valence-electron chi connectivity index (χ3n) is 2.97. The van der Waals surface area contributed by atoms with Crippen molar-refractivity contribution in [1.29, 1.82) is 0 Å². The van der Waals surface area contributed by atoms with E-state index in [-0.39, 0.29) is 0 Å². The Morgan fingerprint density at radius 3 is 2.12 bits per heavy atom. The fourth-order valence-electron chi connectivity index (χ4n) is 2.04. The Morgan fingerprint density at radius 2 is 1.76 bits per heavy atom. The largest absolute Gasteiger partial charge is 0.480 e. The van der Waals surface area contributed by atoms with Crippen molar-refractivity contribution in [2.45, 2.75) is 26.7 Å². The molecule has 94 valence electrons. The van der Waals surface area contributed by atoms with Gasteiger partial charge in [-0.25, -0.2) is 4.79 Å². The molecule has 1 aliphatic heterocycles. The van der Waals surface area contributed by atoms with Gasteiger partial charge in [-0.3, -0.25) is 25.0 Å². The SMILES string of the molecule is CCCC(C)C1(C(=O)O)C(=O)NC(=O)NC1=O. The highest BCUT2D eigenvalue weighted by molar-refractivity contribution is 6.29. The van der Waals surface area contributed by atoms with Crippen molar-refractivity contribution >= 4 is 23.8 Å². The van der Waals surface area contributed by atoms with E-state index in [4.69, 9.17) is 0 Å². The predicted molar refractivity (Wildman–Crippen MR) is 55.8 cm³/mol. The molecule has 1 unspecified atom stereocenters. The maximum absolute atomic E-state index is 11.7. The number of imide groups is 2. The van der Waals surface area contributed by atoms with Crippen molar-refractivity contribution in [1.82, 2.24) is 10.6 Å². The monoisotopic (exact) mass is 242 g/mol. The number of carboxylic acid groups (broad SMARTS) is 1.